The lowest BCUT2D eigenvalue weighted by Crippen LogP contribution is -2.40. The maximum absolute atomic E-state index is 12.7. The van der Waals surface area contributed by atoms with Gasteiger partial charge < -0.3 is 26.8 Å². The molecule has 0 aliphatic carbocycles. The molecule has 9 nitrogen and oxygen atoms in total. The van der Waals surface area contributed by atoms with E-state index in [1.54, 1.807) is 23.2 Å². The van der Waals surface area contributed by atoms with Crippen LogP contribution in [0.25, 0.3) is 0 Å². The van der Waals surface area contributed by atoms with E-state index in [1.165, 1.54) is 12.3 Å². The number of fused-ring (bicyclic) bond motifs is 1. The average molecular weight is 404 g/mol. The number of aromatic carboxylic acids is 1. The third-order valence-corrected chi connectivity index (χ3v) is 4.99. The number of carbonyl (C=O) groups is 2. The van der Waals surface area contributed by atoms with E-state index in [9.17, 15) is 14.7 Å². The normalized spacial score (nSPS) is 15.9. The Morgan fingerprint density at radius 3 is 2.53 bits per heavy atom. The fourth-order valence-electron chi connectivity index (χ4n) is 3.72. The summed E-state index contributed by atoms with van der Waals surface area (Å²) in [5.41, 5.74) is 13.8. The molecule has 9 heteroatoms. The predicted octanol–water partition coefficient (Wildman–Crippen LogP) is 1.79. The van der Waals surface area contributed by atoms with Crippen molar-refractivity contribution in [2.24, 2.45) is 11.5 Å². The molecule has 1 amide bonds. The van der Waals surface area contributed by atoms with Crippen molar-refractivity contribution in [2.45, 2.75) is 18.8 Å². The SMILES string of the molecule is NCc1cc(C(C(N)=O)N2c3c(C(=O)O)ccnc3NC2c2ccccc2)ccn1. The number of amides is 1. The van der Waals surface area contributed by atoms with Gasteiger partial charge in [-0.3, -0.25) is 9.78 Å². The van der Waals surface area contributed by atoms with E-state index >= 15 is 0 Å². The number of nitrogens with one attached hydrogen (secondary N) is 1. The molecule has 0 saturated carbocycles. The quantitative estimate of drug-likeness (QED) is 0.486. The predicted molar refractivity (Wildman–Crippen MR) is 111 cm³/mol. The molecule has 0 saturated heterocycles. The topological polar surface area (TPSA) is 147 Å². The van der Waals surface area contributed by atoms with Gasteiger partial charge in [0, 0.05) is 18.9 Å². The molecule has 3 aromatic rings. The van der Waals surface area contributed by atoms with E-state index in [0.29, 0.717) is 22.8 Å². The van der Waals surface area contributed by atoms with Crippen molar-refractivity contribution in [1.29, 1.82) is 0 Å². The minimum atomic E-state index is -1.13. The van der Waals surface area contributed by atoms with Gasteiger partial charge in [0.15, 0.2) is 5.82 Å². The van der Waals surface area contributed by atoms with Gasteiger partial charge in [-0.2, -0.15) is 0 Å². The van der Waals surface area contributed by atoms with E-state index < -0.39 is 24.1 Å². The first-order valence-electron chi connectivity index (χ1n) is 9.27. The largest absolute Gasteiger partial charge is 0.478 e. The van der Waals surface area contributed by atoms with Crippen LogP contribution in [0.3, 0.4) is 0 Å². The molecule has 152 valence electrons. The number of pyridine rings is 2. The highest BCUT2D eigenvalue weighted by Crippen LogP contribution is 2.46. The third-order valence-electron chi connectivity index (χ3n) is 4.99. The van der Waals surface area contributed by atoms with Crippen LogP contribution in [-0.4, -0.2) is 27.0 Å². The Labute approximate surface area is 172 Å². The summed E-state index contributed by atoms with van der Waals surface area (Å²) in [5.74, 6) is -1.40. The lowest BCUT2D eigenvalue weighted by Gasteiger charge is -2.34. The van der Waals surface area contributed by atoms with Crippen LogP contribution in [0.4, 0.5) is 11.5 Å². The van der Waals surface area contributed by atoms with Crippen LogP contribution in [0.5, 0.6) is 0 Å². The zero-order valence-corrected chi connectivity index (χ0v) is 15.9. The van der Waals surface area contributed by atoms with Gasteiger partial charge in [-0.05, 0) is 29.3 Å². The standard InChI is InChI=1S/C21H20N6O3/c22-11-14-10-13(6-8-24-14)16(18(23)28)27-17-15(21(29)30)7-9-25-19(17)26-20(27)12-4-2-1-3-5-12/h1-10,16,20H,11,22H2,(H2,23,28)(H,25,26)(H,29,30). The van der Waals surface area contributed by atoms with Crippen LogP contribution >= 0.6 is 0 Å². The van der Waals surface area contributed by atoms with Gasteiger partial charge >= 0.3 is 5.97 Å². The highest BCUT2D eigenvalue weighted by atomic mass is 16.4. The van der Waals surface area contributed by atoms with Gasteiger partial charge in [0.2, 0.25) is 5.91 Å². The van der Waals surface area contributed by atoms with Crippen LogP contribution in [0.2, 0.25) is 0 Å². The minimum absolute atomic E-state index is 0.0188. The van der Waals surface area contributed by atoms with Gasteiger partial charge in [-0.15, -0.1) is 0 Å². The van der Waals surface area contributed by atoms with Crippen molar-refractivity contribution in [3.63, 3.8) is 0 Å². The Bertz CT molecular complexity index is 1100. The van der Waals surface area contributed by atoms with Gasteiger partial charge in [-0.1, -0.05) is 30.3 Å². The third kappa shape index (κ3) is 3.31. The number of carboxylic acids is 1. The molecule has 2 aromatic heterocycles. The molecule has 4 rings (SSSR count). The molecule has 0 spiro atoms. The van der Waals surface area contributed by atoms with Crippen molar-refractivity contribution in [3.05, 3.63) is 83.3 Å². The van der Waals surface area contributed by atoms with Crippen LogP contribution in [0.1, 0.15) is 39.4 Å². The maximum atomic E-state index is 12.7. The summed E-state index contributed by atoms with van der Waals surface area (Å²) >= 11 is 0. The molecule has 1 aliphatic heterocycles. The molecule has 2 unspecified atom stereocenters. The summed E-state index contributed by atoms with van der Waals surface area (Å²) in [6, 6.07) is 13.2. The summed E-state index contributed by atoms with van der Waals surface area (Å²) < 4.78 is 0. The number of anilines is 2. The van der Waals surface area contributed by atoms with Crippen LogP contribution in [0.15, 0.2) is 60.9 Å². The molecule has 6 N–H and O–H groups in total. The van der Waals surface area contributed by atoms with Crippen molar-refractivity contribution < 1.29 is 14.7 Å². The number of rotatable bonds is 6. The van der Waals surface area contributed by atoms with E-state index in [4.69, 9.17) is 11.5 Å². The fraction of sp³-hybridized carbons (Fsp3) is 0.143. The molecule has 2 atom stereocenters. The van der Waals surface area contributed by atoms with Gasteiger partial charge in [-0.25, -0.2) is 9.78 Å². The molecule has 1 aliphatic rings. The summed E-state index contributed by atoms with van der Waals surface area (Å²) in [4.78, 5) is 34.8. The molecule has 30 heavy (non-hydrogen) atoms. The maximum Gasteiger partial charge on any atom is 0.338 e. The zero-order valence-electron chi connectivity index (χ0n) is 15.9. The molecule has 0 fully saturated rings. The smallest absolute Gasteiger partial charge is 0.338 e. The van der Waals surface area contributed by atoms with E-state index in [2.05, 4.69) is 15.3 Å². The zero-order chi connectivity index (χ0) is 21.3. The molecular weight excluding hydrogens is 384 g/mol. The summed E-state index contributed by atoms with van der Waals surface area (Å²) in [6.07, 6.45) is 2.41. The lowest BCUT2D eigenvalue weighted by atomic mass is 10.0. The summed E-state index contributed by atoms with van der Waals surface area (Å²) in [5, 5.41) is 13.0. The van der Waals surface area contributed by atoms with Crippen molar-refractivity contribution in [1.82, 2.24) is 9.97 Å². The second-order valence-electron chi connectivity index (χ2n) is 6.82. The first kappa shape index (κ1) is 19.3. The summed E-state index contributed by atoms with van der Waals surface area (Å²) in [7, 11) is 0. The number of hydrogen-bond donors (Lipinski definition) is 4. The van der Waals surface area contributed by atoms with E-state index in [1.807, 2.05) is 30.3 Å². The number of primary amides is 1. The van der Waals surface area contributed by atoms with Gasteiger partial charge in [0.05, 0.1) is 16.9 Å². The van der Waals surface area contributed by atoms with Gasteiger partial charge in [0.1, 0.15) is 12.2 Å². The Kier molecular flexibility index (Phi) is 5.03. The van der Waals surface area contributed by atoms with E-state index in [-0.39, 0.29) is 12.1 Å². The number of hydrogen-bond acceptors (Lipinski definition) is 7. The second-order valence-corrected chi connectivity index (χ2v) is 6.82. The van der Waals surface area contributed by atoms with Crippen LogP contribution < -0.4 is 21.7 Å². The Morgan fingerprint density at radius 1 is 1.13 bits per heavy atom. The first-order valence-corrected chi connectivity index (χ1v) is 9.27. The Morgan fingerprint density at radius 2 is 1.87 bits per heavy atom. The van der Waals surface area contributed by atoms with Crippen LogP contribution in [0, 0.1) is 0 Å². The second kappa shape index (κ2) is 7.80. The fourth-order valence-corrected chi connectivity index (χ4v) is 3.72. The molecule has 1 aromatic carbocycles. The Balaban J connectivity index is 1.94. The minimum Gasteiger partial charge on any atom is -0.478 e. The van der Waals surface area contributed by atoms with Gasteiger partial charge in [0.25, 0.3) is 0 Å². The van der Waals surface area contributed by atoms with E-state index in [0.717, 1.165) is 5.56 Å². The highest BCUT2D eigenvalue weighted by molar-refractivity contribution is 6.01. The monoisotopic (exact) mass is 404 g/mol. The average Bonchev–Trinajstić information content (AvgIpc) is 3.13. The number of benzene rings is 1. The number of carboxylic acid groups (broad SMARTS) is 1. The van der Waals surface area contributed by atoms with Crippen molar-refractivity contribution in [3.8, 4) is 0 Å². The highest BCUT2D eigenvalue weighted by Gasteiger charge is 2.41. The number of carbonyl (C=O) groups excluding carboxylic acids is 1. The number of aromatic nitrogens is 2. The number of nitrogens with two attached hydrogens (primary N) is 2. The van der Waals surface area contributed by atoms with Crippen molar-refractivity contribution >= 4 is 23.4 Å². The lowest BCUT2D eigenvalue weighted by molar-refractivity contribution is -0.119. The van der Waals surface area contributed by atoms with Crippen molar-refractivity contribution in [2.75, 3.05) is 10.2 Å². The first-order chi connectivity index (χ1) is 14.5. The molecule has 0 radical (unpaired) electrons. The Hall–Kier alpha value is -3.98. The summed E-state index contributed by atoms with van der Waals surface area (Å²) in [6.45, 7) is 0.193. The molecular formula is C21H20N6O3. The molecule has 0 bridgehead atoms. The number of nitrogens with zero attached hydrogens (tertiary/aromatic N) is 3. The van der Waals surface area contributed by atoms with Crippen LogP contribution in [-0.2, 0) is 11.3 Å². The molecule has 3 heterocycles.